The van der Waals surface area contributed by atoms with Gasteiger partial charge in [-0.3, -0.25) is 14.3 Å². The van der Waals surface area contributed by atoms with E-state index in [-0.39, 0.29) is 6.61 Å². The van der Waals surface area contributed by atoms with Crippen LogP contribution in [0.4, 0.5) is 0 Å². The standard InChI is InChI=1S/C30H28N2O5/c1-21-19-32(29(34)31-28(21)33)27-18-17-26(37-27)20-36-30(22-9-5-3-6-10-22,23-11-7-4-8-12-23)24-13-15-25(35-2)16-14-24/h3-19,26-27H,20H2,1-2H3,(H,31,33,34)/t26-,27+/m0/s1. The van der Waals surface area contributed by atoms with Crippen LogP contribution in [0.2, 0.25) is 0 Å². The molecule has 1 N–H and O–H groups in total. The lowest BCUT2D eigenvalue weighted by Crippen LogP contribution is -2.36. The fourth-order valence-corrected chi connectivity index (χ4v) is 4.65. The van der Waals surface area contributed by atoms with E-state index in [4.69, 9.17) is 14.2 Å². The Morgan fingerprint density at radius 3 is 2.05 bits per heavy atom. The Hall–Kier alpha value is -4.20. The van der Waals surface area contributed by atoms with Crippen LogP contribution >= 0.6 is 0 Å². The van der Waals surface area contributed by atoms with E-state index in [1.54, 1.807) is 20.1 Å². The molecule has 0 saturated carbocycles. The van der Waals surface area contributed by atoms with Crippen molar-refractivity contribution in [1.82, 2.24) is 9.55 Å². The molecule has 0 fully saturated rings. The molecule has 0 saturated heterocycles. The zero-order valence-corrected chi connectivity index (χ0v) is 20.7. The number of hydrogen-bond donors (Lipinski definition) is 1. The Morgan fingerprint density at radius 2 is 1.46 bits per heavy atom. The normalized spacial score (nSPS) is 17.1. The lowest BCUT2D eigenvalue weighted by atomic mass is 9.80. The SMILES string of the molecule is COc1ccc(C(OC[C@@H]2C=C[C@H](n3cc(C)c(=O)[nH]c3=O)O2)(c2ccccc2)c2ccccc2)cc1. The molecule has 0 bridgehead atoms. The van der Waals surface area contributed by atoms with Gasteiger partial charge in [0.2, 0.25) is 0 Å². The highest BCUT2D eigenvalue weighted by atomic mass is 16.6. The third-order valence-electron chi connectivity index (χ3n) is 6.55. The molecular formula is C30H28N2O5. The number of ether oxygens (including phenoxy) is 3. The molecule has 0 spiro atoms. The van der Waals surface area contributed by atoms with Gasteiger partial charge in [-0.2, -0.15) is 0 Å². The second-order valence-corrected chi connectivity index (χ2v) is 8.88. The molecule has 4 aromatic rings. The number of aryl methyl sites for hydroxylation is 1. The minimum absolute atomic E-state index is 0.222. The summed E-state index contributed by atoms with van der Waals surface area (Å²) in [5.74, 6) is 0.755. The third-order valence-corrected chi connectivity index (χ3v) is 6.55. The molecule has 5 rings (SSSR count). The second kappa shape index (κ2) is 10.4. The van der Waals surface area contributed by atoms with Crippen LogP contribution in [-0.4, -0.2) is 29.4 Å². The maximum Gasteiger partial charge on any atom is 0.330 e. The first-order valence-corrected chi connectivity index (χ1v) is 12.1. The lowest BCUT2D eigenvalue weighted by Gasteiger charge is -2.36. The van der Waals surface area contributed by atoms with Crippen molar-refractivity contribution < 1.29 is 14.2 Å². The molecule has 1 aliphatic heterocycles. The van der Waals surface area contributed by atoms with Crippen molar-refractivity contribution in [2.24, 2.45) is 0 Å². The Morgan fingerprint density at radius 1 is 0.865 bits per heavy atom. The number of aromatic amines is 1. The van der Waals surface area contributed by atoms with Gasteiger partial charge >= 0.3 is 5.69 Å². The number of rotatable bonds is 8. The van der Waals surface area contributed by atoms with Gasteiger partial charge in [-0.05, 0) is 41.8 Å². The summed E-state index contributed by atoms with van der Waals surface area (Å²) in [6.07, 6.45) is 4.14. The Balaban J connectivity index is 1.50. The summed E-state index contributed by atoms with van der Waals surface area (Å²) in [5, 5.41) is 0. The molecule has 0 unspecified atom stereocenters. The van der Waals surface area contributed by atoms with Gasteiger partial charge in [-0.25, -0.2) is 4.79 Å². The summed E-state index contributed by atoms with van der Waals surface area (Å²) < 4.78 is 19.8. The average Bonchev–Trinajstić information content (AvgIpc) is 3.41. The van der Waals surface area contributed by atoms with Crippen LogP contribution in [0.25, 0.3) is 0 Å². The monoisotopic (exact) mass is 496 g/mol. The van der Waals surface area contributed by atoms with Crippen LogP contribution in [0.15, 0.2) is 113 Å². The van der Waals surface area contributed by atoms with E-state index >= 15 is 0 Å². The van der Waals surface area contributed by atoms with E-state index in [2.05, 4.69) is 4.98 Å². The first-order chi connectivity index (χ1) is 18.0. The van der Waals surface area contributed by atoms with Gasteiger partial charge in [0.05, 0.1) is 13.7 Å². The fraction of sp³-hybridized carbons (Fsp3) is 0.200. The molecule has 1 aromatic heterocycles. The predicted molar refractivity (Wildman–Crippen MR) is 141 cm³/mol. The number of nitrogens with one attached hydrogen (secondary N) is 1. The van der Waals surface area contributed by atoms with Crippen LogP contribution < -0.4 is 16.0 Å². The first kappa shape index (κ1) is 24.5. The minimum Gasteiger partial charge on any atom is -0.497 e. The molecule has 0 radical (unpaired) electrons. The van der Waals surface area contributed by atoms with Crippen LogP contribution in [0, 0.1) is 6.92 Å². The zero-order chi connectivity index (χ0) is 25.8. The van der Waals surface area contributed by atoms with Gasteiger partial charge in [0, 0.05) is 11.8 Å². The van der Waals surface area contributed by atoms with Gasteiger partial charge in [-0.15, -0.1) is 0 Å². The van der Waals surface area contributed by atoms with Crippen LogP contribution in [0.3, 0.4) is 0 Å². The van der Waals surface area contributed by atoms with Crippen molar-refractivity contribution in [3.05, 3.63) is 146 Å². The summed E-state index contributed by atoms with van der Waals surface area (Å²) in [5.41, 5.74) is 1.47. The highest BCUT2D eigenvalue weighted by Gasteiger charge is 2.39. The molecule has 3 aromatic carbocycles. The van der Waals surface area contributed by atoms with Gasteiger partial charge in [0.25, 0.3) is 5.56 Å². The number of aromatic nitrogens is 2. The van der Waals surface area contributed by atoms with Crippen molar-refractivity contribution >= 4 is 0 Å². The number of nitrogens with zero attached hydrogens (tertiary/aromatic N) is 1. The van der Waals surface area contributed by atoms with Gasteiger partial charge < -0.3 is 14.2 Å². The van der Waals surface area contributed by atoms with Crippen molar-refractivity contribution in [2.45, 2.75) is 24.9 Å². The molecule has 7 nitrogen and oxygen atoms in total. The van der Waals surface area contributed by atoms with E-state index in [0.717, 1.165) is 22.4 Å². The third kappa shape index (κ3) is 4.79. The van der Waals surface area contributed by atoms with E-state index < -0.39 is 29.2 Å². The first-order valence-electron chi connectivity index (χ1n) is 12.1. The number of benzene rings is 3. The maximum absolute atomic E-state index is 12.4. The Bertz CT molecular complexity index is 1450. The molecule has 1 aliphatic rings. The largest absolute Gasteiger partial charge is 0.497 e. The summed E-state index contributed by atoms with van der Waals surface area (Å²) in [6.45, 7) is 1.87. The lowest BCUT2D eigenvalue weighted by molar-refractivity contribution is -0.0685. The van der Waals surface area contributed by atoms with Gasteiger partial charge in [0.1, 0.15) is 17.5 Å². The highest BCUT2D eigenvalue weighted by molar-refractivity contribution is 5.48. The Labute approximate surface area is 214 Å². The average molecular weight is 497 g/mol. The smallest absolute Gasteiger partial charge is 0.330 e. The number of methoxy groups -OCH3 is 1. The molecule has 2 heterocycles. The summed E-state index contributed by atoms with van der Waals surface area (Å²) >= 11 is 0. The predicted octanol–water partition coefficient (Wildman–Crippen LogP) is 4.32. The minimum atomic E-state index is -0.921. The number of H-pyrrole nitrogens is 1. The highest BCUT2D eigenvalue weighted by Crippen LogP contribution is 2.41. The molecule has 0 amide bonds. The summed E-state index contributed by atoms with van der Waals surface area (Å²) in [6, 6.07) is 28.0. The summed E-state index contributed by atoms with van der Waals surface area (Å²) in [7, 11) is 1.64. The Kier molecular flexibility index (Phi) is 6.90. The fourth-order valence-electron chi connectivity index (χ4n) is 4.65. The number of hydrogen-bond acceptors (Lipinski definition) is 5. The van der Waals surface area contributed by atoms with Crippen molar-refractivity contribution in [1.29, 1.82) is 0 Å². The van der Waals surface area contributed by atoms with Crippen LogP contribution in [0.5, 0.6) is 5.75 Å². The van der Waals surface area contributed by atoms with E-state index in [0.29, 0.717) is 5.56 Å². The molecule has 37 heavy (non-hydrogen) atoms. The topological polar surface area (TPSA) is 82.5 Å². The van der Waals surface area contributed by atoms with Crippen molar-refractivity contribution in [3.63, 3.8) is 0 Å². The second-order valence-electron chi connectivity index (χ2n) is 8.88. The van der Waals surface area contributed by atoms with E-state index in [1.165, 1.54) is 10.8 Å². The zero-order valence-electron chi connectivity index (χ0n) is 20.7. The maximum atomic E-state index is 12.4. The van der Waals surface area contributed by atoms with Gasteiger partial charge in [0.15, 0.2) is 6.23 Å². The molecule has 188 valence electrons. The van der Waals surface area contributed by atoms with Crippen LogP contribution in [-0.2, 0) is 15.1 Å². The van der Waals surface area contributed by atoms with Gasteiger partial charge in [-0.1, -0.05) is 78.9 Å². The van der Waals surface area contributed by atoms with Crippen LogP contribution in [0.1, 0.15) is 28.5 Å². The quantitative estimate of drug-likeness (QED) is 0.290. The van der Waals surface area contributed by atoms with Crippen molar-refractivity contribution in [2.75, 3.05) is 13.7 Å². The molecule has 0 aliphatic carbocycles. The summed E-state index contributed by atoms with van der Waals surface area (Å²) in [4.78, 5) is 26.5. The van der Waals surface area contributed by atoms with Crippen molar-refractivity contribution in [3.8, 4) is 5.75 Å². The molecule has 2 atom stereocenters. The molecule has 7 heteroatoms. The van der Waals surface area contributed by atoms with E-state index in [9.17, 15) is 9.59 Å². The molecular weight excluding hydrogens is 468 g/mol. The van der Waals surface area contributed by atoms with E-state index in [1.807, 2.05) is 91.0 Å².